The van der Waals surface area contributed by atoms with Gasteiger partial charge in [-0.25, -0.2) is 4.79 Å². The van der Waals surface area contributed by atoms with Crippen molar-refractivity contribution in [3.63, 3.8) is 0 Å². The number of carbonyl (C=O) groups excluding carboxylic acids is 1. The molecule has 0 saturated heterocycles. The van der Waals surface area contributed by atoms with Crippen molar-refractivity contribution < 1.29 is 19.4 Å². The summed E-state index contributed by atoms with van der Waals surface area (Å²) in [6.45, 7) is 2.56. The molecule has 2 rings (SSSR count). The van der Waals surface area contributed by atoms with E-state index in [1.54, 1.807) is 6.92 Å². The molecule has 1 heterocycles. The molecule has 1 aliphatic heterocycles. The van der Waals surface area contributed by atoms with Gasteiger partial charge in [-0.15, -0.1) is 0 Å². The molecule has 1 N–H and O–H groups in total. The molecule has 0 radical (unpaired) electrons. The molecule has 1 aromatic carbocycles. The number of hydrogen-bond donors (Lipinski definition) is 1. The van der Waals surface area contributed by atoms with Crippen LogP contribution in [0.1, 0.15) is 24.8 Å². The number of ether oxygens (including phenoxy) is 2. The number of carbonyl (C=O) groups is 1. The average molecular weight is 248 g/mol. The predicted molar refractivity (Wildman–Crippen MR) is 66.6 cm³/mol. The average Bonchev–Trinajstić information content (AvgIpc) is 2.40. The minimum Gasteiger partial charge on any atom is -0.515 e. The topological polar surface area (TPSA) is 55.8 Å². The molecular formula is C14H16O4. The first-order chi connectivity index (χ1) is 8.77. The number of benzene rings is 1. The summed E-state index contributed by atoms with van der Waals surface area (Å²) >= 11 is 0. The van der Waals surface area contributed by atoms with Crippen LogP contribution < -0.4 is 4.74 Å². The van der Waals surface area contributed by atoms with E-state index in [0.29, 0.717) is 19.6 Å². The molecule has 4 nitrogen and oxygen atoms in total. The molecule has 4 heteroatoms. The van der Waals surface area contributed by atoms with Crippen molar-refractivity contribution in [1.29, 1.82) is 0 Å². The third-order valence-electron chi connectivity index (χ3n) is 2.98. The van der Waals surface area contributed by atoms with Gasteiger partial charge in [0.2, 0.25) is 0 Å². The number of hydrogen-bond acceptors (Lipinski definition) is 4. The first-order valence-electron chi connectivity index (χ1n) is 6.01. The van der Waals surface area contributed by atoms with Crippen LogP contribution >= 0.6 is 0 Å². The Morgan fingerprint density at radius 1 is 1.56 bits per heavy atom. The normalized spacial score (nSPS) is 18.7. The largest absolute Gasteiger partial charge is 0.515 e. The van der Waals surface area contributed by atoms with Gasteiger partial charge in [0.15, 0.2) is 0 Å². The zero-order chi connectivity index (χ0) is 13.0. The van der Waals surface area contributed by atoms with Crippen LogP contribution in [0.3, 0.4) is 0 Å². The van der Waals surface area contributed by atoms with Crippen molar-refractivity contribution in [2.24, 2.45) is 0 Å². The SMILES string of the molecule is CCOC(=O)/C(=C/O)C1CCOc2ccccc21. The van der Waals surface area contributed by atoms with Crippen molar-refractivity contribution in [3.8, 4) is 5.75 Å². The van der Waals surface area contributed by atoms with Gasteiger partial charge in [-0.1, -0.05) is 18.2 Å². The van der Waals surface area contributed by atoms with Crippen LogP contribution in [-0.4, -0.2) is 24.3 Å². The molecule has 1 atom stereocenters. The minimum absolute atomic E-state index is 0.168. The predicted octanol–water partition coefficient (Wildman–Crippen LogP) is 2.56. The second-order valence-electron chi connectivity index (χ2n) is 4.03. The fourth-order valence-electron chi connectivity index (χ4n) is 2.16. The van der Waals surface area contributed by atoms with Crippen molar-refractivity contribution in [2.75, 3.05) is 13.2 Å². The van der Waals surface area contributed by atoms with E-state index in [2.05, 4.69) is 0 Å². The summed E-state index contributed by atoms with van der Waals surface area (Å²) < 4.78 is 10.5. The second kappa shape index (κ2) is 5.58. The zero-order valence-electron chi connectivity index (χ0n) is 10.3. The smallest absolute Gasteiger partial charge is 0.337 e. The van der Waals surface area contributed by atoms with Crippen LogP contribution in [0.5, 0.6) is 5.75 Å². The molecule has 0 amide bonds. The van der Waals surface area contributed by atoms with Crippen LogP contribution in [0, 0.1) is 0 Å². The van der Waals surface area contributed by atoms with Crippen LogP contribution in [0.15, 0.2) is 36.1 Å². The van der Waals surface area contributed by atoms with Crippen LogP contribution in [0.4, 0.5) is 0 Å². The first-order valence-corrected chi connectivity index (χ1v) is 6.01. The Balaban J connectivity index is 2.31. The van der Waals surface area contributed by atoms with Gasteiger partial charge in [-0.3, -0.25) is 0 Å². The van der Waals surface area contributed by atoms with E-state index in [-0.39, 0.29) is 11.5 Å². The van der Waals surface area contributed by atoms with E-state index in [4.69, 9.17) is 9.47 Å². The fourth-order valence-corrected chi connectivity index (χ4v) is 2.16. The number of aliphatic hydroxyl groups excluding tert-OH is 1. The Morgan fingerprint density at radius 3 is 3.06 bits per heavy atom. The Kier molecular flexibility index (Phi) is 3.87. The molecule has 0 aromatic heterocycles. The van der Waals surface area contributed by atoms with Crippen LogP contribution in [0.25, 0.3) is 0 Å². The maximum absolute atomic E-state index is 11.8. The first kappa shape index (κ1) is 12.5. The maximum Gasteiger partial charge on any atom is 0.337 e. The third-order valence-corrected chi connectivity index (χ3v) is 2.98. The van der Waals surface area contributed by atoms with Crippen molar-refractivity contribution in [2.45, 2.75) is 19.3 Å². The lowest BCUT2D eigenvalue weighted by molar-refractivity contribution is -0.139. The summed E-state index contributed by atoms with van der Waals surface area (Å²) in [6, 6.07) is 7.54. The molecule has 0 aliphatic carbocycles. The Hall–Kier alpha value is -1.97. The fraction of sp³-hybridized carbons (Fsp3) is 0.357. The summed E-state index contributed by atoms with van der Waals surface area (Å²) in [4.78, 5) is 11.8. The van der Waals surface area contributed by atoms with Crippen molar-refractivity contribution in [1.82, 2.24) is 0 Å². The van der Waals surface area contributed by atoms with Gasteiger partial charge in [0.25, 0.3) is 0 Å². The number of esters is 1. The molecule has 1 aliphatic rings. The zero-order valence-corrected chi connectivity index (χ0v) is 10.3. The van der Waals surface area contributed by atoms with Gasteiger partial charge in [0.05, 0.1) is 25.0 Å². The molecular weight excluding hydrogens is 232 g/mol. The number of rotatable bonds is 3. The molecule has 1 unspecified atom stereocenters. The lowest BCUT2D eigenvalue weighted by atomic mass is 9.87. The number of aliphatic hydroxyl groups is 1. The minimum atomic E-state index is -0.471. The highest BCUT2D eigenvalue weighted by atomic mass is 16.5. The van der Waals surface area contributed by atoms with Gasteiger partial charge < -0.3 is 14.6 Å². The van der Waals surface area contributed by atoms with E-state index in [9.17, 15) is 9.90 Å². The lowest BCUT2D eigenvalue weighted by Gasteiger charge is -2.26. The highest BCUT2D eigenvalue weighted by Crippen LogP contribution is 2.38. The van der Waals surface area contributed by atoms with E-state index in [1.165, 1.54) is 0 Å². The number of para-hydroxylation sites is 1. The molecule has 96 valence electrons. The molecule has 0 saturated carbocycles. The van der Waals surface area contributed by atoms with Gasteiger partial charge in [-0.2, -0.15) is 0 Å². The Bertz CT molecular complexity index is 465. The quantitative estimate of drug-likeness (QED) is 0.507. The molecule has 0 bridgehead atoms. The summed E-state index contributed by atoms with van der Waals surface area (Å²) in [6.07, 6.45) is 1.51. The molecule has 18 heavy (non-hydrogen) atoms. The molecule has 0 spiro atoms. The summed E-state index contributed by atoms with van der Waals surface area (Å²) in [7, 11) is 0. The summed E-state index contributed by atoms with van der Waals surface area (Å²) in [5.74, 6) is 0.123. The number of fused-ring (bicyclic) bond motifs is 1. The van der Waals surface area contributed by atoms with Crippen molar-refractivity contribution in [3.05, 3.63) is 41.7 Å². The molecule has 0 fully saturated rings. The van der Waals surface area contributed by atoms with E-state index in [1.807, 2.05) is 24.3 Å². The highest BCUT2D eigenvalue weighted by molar-refractivity contribution is 5.90. The Labute approximate surface area is 106 Å². The lowest BCUT2D eigenvalue weighted by Crippen LogP contribution is -2.21. The van der Waals surface area contributed by atoms with E-state index >= 15 is 0 Å². The summed E-state index contributed by atoms with van der Waals surface area (Å²) in [5, 5.41) is 9.30. The van der Waals surface area contributed by atoms with Gasteiger partial charge in [-0.05, 0) is 19.4 Å². The molecule has 1 aromatic rings. The van der Waals surface area contributed by atoms with Gasteiger partial charge in [0, 0.05) is 11.5 Å². The monoisotopic (exact) mass is 248 g/mol. The Morgan fingerprint density at radius 2 is 2.33 bits per heavy atom. The third kappa shape index (κ3) is 2.32. The second-order valence-corrected chi connectivity index (χ2v) is 4.03. The van der Waals surface area contributed by atoms with Crippen molar-refractivity contribution >= 4 is 5.97 Å². The van der Waals surface area contributed by atoms with Crippen LogP contribution in [-0.2, 0) is 9.53 Å². The van der Waals surface area contributed by atoms with E-state index < -0.39 is 5.97 Å². The summed E-state index contributed by atoms with van der Waals surface area (Å²) in [5.41, 5.74) is 1.20. The van der Waals surface area contributed by atoms with E-state index in [0.717, 1.165) is 17.6 Å². The van der Waals surface area contributed by atoms with Gasteiger partial charge in [0.1, 0.15) is 5.75 Å². The standard InChI is InChI=1S/C14H16O4/c1-2-17-14(16)12(9-15)10-7-8-18-13-6-4-3-5-11(10)13/h3-6,9-10,15H,2,7-8H2,1H3/b12-9+. The maximum atomic E-state index is 11.8. The van der Waals surface area contributed by atoms with Crippen LogP contribution in [0.2, 0.25) is 0 Å². The van der Waals surface area contributed by atoms with Gasteiger partial charge >= 0.3 is 5.97 Å². The highest BCUT2D eigenvalue weighted by Gasteiger charge is 2.29.